The Hall–Kier alpha value is -1.16. The van der Waals surface area contributed by atoms with Gasteiger partial charge in [0, 0.05) is 11.8 Å². The Morgan fingerprint density at radius 3 is 2.50 bits per heavy atom. The number of ketones is 1. The first-order valence-corrected chi connectivity index (χ1v) is 6.45. The first kappa shape index (κ1) is 11.3. The molecule has 3 nitrogen and oxygen atoms in total. The highest BCUT2D eigenvalue weighted by atomic mass is 32.1. The van der Waals surface area contributed by atoms with Crippen molar-refractivity contribution in [3.8, 4) is 0 Å². The summed E-state index contributed by atoms with van der Waals surface area (Å²) in [6, 6.07) is 3.68. The molecule has 1 aliphatic rings. The van der Waals surface area contributed by atoms with E-state index in [0.29, 0.717) is 0 Å². The van der Waals surface area contributed by atoms with E-state index in [4.69, 9.17) is 5.73 Å². The van der Waals surface area contributed by atoms with Gasteiger partial charge < -0.3 is 5.73 Å². The Morgan fingerprint density at radius 1 is 1.25 bits per heavy atom. The van der Waals surface area contributed by atoms with Gasteiger partial charge in [-0.1, -0.05) is 18.9 Å². The van der Waals surface area contributed by atoms with E-state index in [1.165, 1.54) is 11.3 Å². The number of Topliss-reactive ketones (excluding diaryl/α,β-unsaturated/α-hetero) is 1. The van der Waals surface area contributed by atoms with Crippen LogP contribution in [0.25, 0.3) is 0 Å². The quantitative estimate of drug-likeness (QED) is 0.819. The van der Waals surface area contributed by atoms with Gasteiger partial charge in [0.25, 0.3) is 0 Å². The van der Waals surface area contributed by atoms with Gasteiger partial charge >= 0.3 is 0 Å². The van der Waals surface area contributed by atoms with Crippen molar-refractivity contribution in [2.75, 3.05) is 0 Å². The number of nitrogens with two attached hydrogens (primary N) is 1. The average molecular weight is 237 g/mol. The lowest BCUT2D eigenvalue weighted by atomic mass is 9.76. The molecular formula is C12H15NO2S. The smallest absolute Gasteiger partial charge is 0.221 e. The molecule has 0 aliphatic heterocycles. The van der Waals surface area contributed by atoms with Gasteiger partial charge in [0.15, 0.2) is 5.78 Å². The summed E-state index contributed by atoms with van der Waals surface area (Å²) >= 11 is 1.44. The summed E-state index contributed by atoms with van der Waals surface area (Å²) < 4.78 is 0. The van der Waals surface area contributed by atoms with Crippen LogP contribution in [0, 0.1) is 11.8 Å². The van der Waals surface area contributed by atoms with E-state index in [1.807, 2.05) is 17.5 Å². The number of amides is 1. The van der Waals surface area contributed by atoms with Gasteiger partial charge in [0.1, 0.15) is 0 Å². The van der Waals surface area contributed by atoms with Gasteiger partial charge in [0.2, 0.25) is 5.91 Å². The lowest BCUT2D eigenvalue weighted by Crippen LogP contribution is -2.36. The Kier molecular flexibility index (Phi) is 3.39. The standard InChI is InChI=1S/C12H15NO2S/c13-12(15)9-5-2-1-4-8(9)11(14)10-6-3-7-16-10/h3,6-9H,1-2,4-5H2,(H2,13,15). The van der Waals surface area contributed by atoms with Gasteiger partial charge in [-0.3, -0.25) is 9.59 Å². The van der Waals surface area contributed by atoms with Crippen LogP contribution >= 0.6 is 11.3 Å². The molecule has 1 heterocycles. The van der Waals surface area contributed by atoms with Crippen LogP contribution in [-0.4, -0.2) is 11.7 Å². The summed E-state index contributed by atoms with van der Waals surface area (Å²) in [6.45, 7) is 0. The lowest BCUT2D eigenvalue weighted by molar-refractivity contribution is -0.123. The topological polar surface area (TPSA) is 60.2 Å². The highest BCUT2D eigenvalue weighted by Gasteiger charge is 2.35. The van der Waals surface area contributed by atoms with Gasteiger partial charge in [-0.25, -0.2) is 0 Å². The second-order valence-electron chi connectivity index (χ2n) is 4.24. The number of primary amides is 1. The third-order valence-corrected chi connectivity index (χ3v) is 4.12. The molecule has 1 fully saturated rings. The van der Waals surface area contributed by atoms with Gasteiger partial charge in [-0.15, -0.1) is 11.3 Å². The fraction of sp³-hybridized carbons (Fsp3) is 0.500. The van der Waals surface area contributed by atoms with E-state index in [1.54, 1.807) is 0 Å². The molecule has 1 aromatic rings. The molecule has 16 heavy (non-hydrogen) atoms. The summed E-state index contributed by atoms with van der Waals surface area (Å²) in [6.07, 6.45) is 3.58. The van der Waals surface area contributed by atoms with Gasteiger partial charge in [-0.2, -0.15) is 0 Å². The summed E-state index contributed by atoms with van der Waals surface area (Å²) in [4.78, 5) is 24.2. The van der Waals surface area contributed by atoms with E-state index in [-0.39, 0.29) is 23.5 Å². The second kappa shape index (κ2) is 4.78. The molecule has 2 atom stereocenters. The van der Waals surface area contributed by atoms with Crippen molar-refractivity contribution in [2.24, 2.45) is 17.6 Å². The molecule has 0 radical (unpaired) electrons. The molecule has 0 spiro atoms. The minimum atomic E-state index is -0.324. The van der Waals surface area contributed by atoms with Crippen LogP contribution in [0.3, 0.4) is 0 Å². The summed E-state index contributed by atoms with van der Waals surface area (Å²) in [5.41, 5.74) is 5.36. The zero-order valence-corrected chi connectivity index (χ0v) is 9.83. The molecule has 1 aromatic heterocycles. The maximum absolute atomic E-state index is 12.2. The predicted octanol–water partition coefficient (Wildman–Crippen LogP) is 2.22. The molecule has 2 N–H and O–H groups in total. The number of hydrogen-bond donors (Lipinski definition) is 1. The van der Waals surface area contributed by atoms with Crippen LogP contribution in [0.15, 0.2) is 17.5 Å². The van der Waals surface area contributed by atoms with Crippen LogP contribution < -0.4 is 5.73 Å². The fourth-order valence-corrected chi connectivity index (χ4v) is 3.12. The molecule has 2 unspecified atom stereocenters. The molecule has 0 saturated heterocycles. The van der Waals surface area contributed by atoms with Crippen LogP contribution in [0.4, 0.5) is 0 Å². The van der Waals surface area contributed by atoms with Crippen LogP contribution in [0.1, 0.15) is 35.4 Å². The van der Waals surface area contributed by atoms with Crippen molar-refractivity contribution in [3.63, 3.8) is 0 Å². The Balaban J connectivity index is 2.17. The molecule has 86 valence electrons. The van der Waals surface area contributed by atoms with Crippen molar-refractivity contribution in [1.29, 1.82) is 0 Å². The number of hydrogen-bond acceptors (Lipinski definition) is 3. The highest BCUT2D eigenvalue weighted by molar-refractivity contribution is 7.12. The van der Waals surface area contributed by atoms with E-state index < -0.39 is 0 Å². The maximum atomic E-state index is 12.2. The van der Waals surface area contributed by atoms with Gasteiger partial charge in [-0.05, 0) is 24.3 Å². The second-order valence-corrected chi connectivity index (χ2v) is 5.19. The van der Waals surface area contributed by atoms with E-state index in [0.717, 1.165) is 30.6 Å². The SMILES string of the molecule is NC(=O)C1CCCCC1C(=O)c1cccs1. The largest absolute Gasteiger partial charge is 0.369 e. The minimum absolute atomic E-state index is 0.0958. The molecule has 4 heteroatoms. The number of rotatable bonds is 3. The fourth-order valence-electron chi connectivity index (χ4n) is 2.39. The van der Waals surface area contributed by atoms with E-state index in [9.17, 15) is 9.59 Å². The Morgan fingerprint density at radius 2 is 1.94 bits per heavy atom. The molecule has 1 saturated carbocycles. The summed E-state index contributed by atoms with van der Waals surface area (Å²) in [5.74, 6) is -0.679. The van der Waals surface area contributed by atoms with Crippen LogP contribution in [0.5, 0.6) is 0 Å². The van der Waals surface area contributed by atoms with Crippen molar-refractivity contribution in [3.05, 3.63) is 22.4 Å². The molecule has 1 aliphatic carbocycles. The predicted molar refractivity (Wildman–Crippen MR) is 63.3 cm³/mol. The van der Waals surface area contributed by atoms with Crippen LogP contribution in [-0.2, 0) is 4.79 Å². The first-order chi connectivity index (χ1) is 7.70. The third-order valence-electron chi connectivity index (χ3n) is 3.23. The maximum Gasteiger partial charge on any atom is 0.221 e. The zero-order valence-electron chi connectivity index (χ0n) is 9.02. The number of thiophene rings is 1. The van der Waals surface area contributed by atoms with E-state index in [2.05, 4.69) is 0 Å². The average Bonchev–Trinajstić information content (AvgIpc) is 2.81. The van der Waals surface area contributed by atoms with Crippen molar-refractivity contribution in [2.45, 2.75) is 25.7 Å². The van der Waals surface area contributed by atoms with E-state index >= 15 is 0 Å². The van der Waals surface area contributed by atoms with Crippen molar-refractivity contribution < 1.29 is 9.59 Å². The summed E-state index contributed by atoms with van der Waals surface area (Å²) in [7, 11) is 0. The molecule has 1 amide bonds. The monoisotopic (exact) mass is 237 g/mol. The Bertz CT molecular complexity index is 386. The normalized spacial score (nSPS) is 25.2. The minimum Gasteiger partial charge on any atom is -0.369 e. The first-order valence-electron chi connectivity index (χ1n) is 5.57. The lowest BCUT2D eigenvalue weighted by Gasteiger charge is -2.27. The zero-order chi connectivity index (χ0) is 11.5. The highest BCUT2D eigenvalue weighted by Crippen LogP contribution is 2.33. The molecule has 2 rings (SSSR count). The Labute approximate surface area is 98.6 Å². The van der Waals surface area contributed by atoms with Gasteiger partial charge in [0.05, 0.1) is 4.88 Å². The molecule has 0 bridgehead atoms. The number of carbonyl (C=O) groups excluding carboxylic acids is 2. The third kappa shape index (κ3) is 2.16. The number of carbonyl (C=O) groups is 2. The summed E-state index contributed by atoms with van der Waals surface area (Å²) in [5, 5.41) is 1.88. The molecular weight excluding hydrogens is 222 g/mol. The molecule has 0 aromatic carbocycles. The van der Waals surface area contributed by atoms with Crippen LogP contribution in [0.2, 0.25) is 0 Å². The van der Waals surface area contributed by atoms with Crippen molar-refractivity contribution >= 4 is 23.0 Å². The van der Waals surface area contributed by atoms with Crippen molar-refractivity contribution in [1.82, 2.24) is 0 Å².